The van der Waals surface area contributed by atoms with Crippen LogP contribution in [0.5, 0.6) is 0 Å². The highest BCUT2D eigenvalue weighted by atomic mass is 19.2. The quantitative estimate of drug-likeness (QED) is 0.279. The van der Waals surface area contributed by atoms with E-state index in [1.807, 2.05) is 32.0 Å². The number of nitrogens with zero attached hydrogens (tertiary/aromatic N) is 1. The lowest BCUT2D eigenvalue weighted by Gasteiger charge is -2.13. The van der Waals surface area contributed by atoms with Crippen LogP contribution in [0, 0.1) is 85.6 Å². The first-order chi connectivity index (χ1) is 14.9. The van der Waals surface area contributed by atoms with E-state index in [2.05, 4.69) is 6.07 Å². The van der Waals surface area contributed by atoms with Crippen LogP contribution in [0.3, 0.4) is 0 Å². The number of halogens is 8. The fourth-order valence-corrected chi connectivity index (χ4v) is 2.91. The first-order valence-electron chi connectivity index (χ1n) is 8.98. The molecule has 168 valence electrons. The molecule has 0 spiro atoms. The van der Waals surface area contributed by atoms with Crippen molar-refractivity contribution in [3.05, 3.63) is 92.6 Å². The van der Waals surface area contributed by atoms with Crippen molar-refractivity contribution in [3.63, 3.8) is 0 Å². The van der Waals surface area contributed by atoms with Gasteiger partial charge in [0, 0.05) is 11.1 Å². The first kappa shape index (κ1) is 24.9. The van der Waals surface area contributed by atoms with Crippen LogP contribution in [0.1, 0.15) is 27.8 Å². The smallest absolute Gasteiger partial charge is 0.170 e. The minimum absolute atomic E-state index is 0.684. The molecule has 3 rings (SSSR count). The van der Waals surface area contributed by atoms with E-state index >= 15 is 0 Å². The lowest BCUT2D eigenvalue weighted by atomic mass is 9.98. The second kappa shape index (κ2) is 9.39. The molecule has 0 aliphatic carbocycles. The van der Waals surface area contributed by atoms with Crippen molar-refractivity contribution in [2.45, 2.75) is 27.7 Å². The van der Waals surface area contributed by atoms with Gasteiger partial charge in [0.15, 0.2) is 46.5 Å². The lowest BCUT2D eigenvalue weighted by Crippen LogP contribution is -2.09. The molecule has 0 heterocycles. The summed E-state index contributed by atoms with van der Waals surface area (Å²) in [6.45, 7) is 5.27. The third-order valence-electron chi connectivity index (χ3n) is 4.81. The van der Waals surface area contributed by atoms with Crippen molar-refractivity contribution in [1.29, 1.82) is 5.26 Å². The number of nitriles is 1. The molecule has 0 aromatic heterocycles. The normalized spacial score (nSPS) is 10.5. The van der Waals surface area contributed by atoms with Crippen LogP contribution in [-0.4, -0.2) is 0 Å². The molecule has 32 heavy (non-hydrogen) atoms. The topological polar surface area (TPSA) is 23.8 Å². The molecule has 3 aromatic carbocycles. The molecule has 0 amide bonds. The monoisotopic (exact) mass is 457 g/mol. The zero-order valence-electron chi connectivity index (χ0n) is 17.2. The highest BCUT2D eigenvalue weighted by Gasteiger charge is 2.32. The molecule has 9 heteroatoms. The summed E-state index contributed by atoms with van der Waals surface area (Å²) in [7, 11) is 0. The molecule has 0 bridgehead atoms. The standard InChI is InChI=1S/C14H6F8.C9H9N/c1-3-7(15)11(19)5(12(20)8(3)16)6-13(21)9(17)4(2)10(18)14(6)22;1-7-4-3-5-8(2)9(7)6-10/h1-2H3;3-5H,1-2H3. The maximum Gasteiger partial charge on any atom is 0.170 e. The van der Waals surface area contributed by atoms with E-state index in [0.29, 0.717) is 13.8 Å². The van der Waals surface area contributed by atoms with Crippen molar-refractivity contribution < 1.29 is 35.1 Å². The molecule has 0 radical (unpaired) electrons. The van der Waals surface area contributed by atoms with E-state index in [4.69, 9.17) is 5.26 Å². The Morgan fingerprint density at radius 3 is 1.03 bits per heavy atom. The maximum atomic E-state index is 13.8. The van der Waals surface area contributed by atoms with Gasteiger partial charge in [-0.3, -0.25) is 0 Å². The zero-order valence-corrected chi connectivity index (χ0v) is 17.2. The molecule has 0 fully saturated rings. The van der Waals surface area contributed by atoms with Gasteiger partial charge in [0.25, 0.3) is 0 Å². The minimum atomic E-state index is -2.16. The SMILES string of the molecule is Cc1c(F)c(F)c(-c2c(F)c(F)c(C)c(F)c2F)c(F)c1F.Cc1cccc(C)c1C#N. The van der Waals surface area contributed by atoms with Gasteiger partial charge in [-0.2, -0.15) is 5.26 Å². The summed E-state index contributed by atoms with van der Waals surface area (Å²) in [4.78, 5) is 0. The Morgan fingerprint density at radius 1 is 0.531 bits per heavy atom. The molecule has 0 aliphatic heterocycles. The van der Waals surface area contributed by atoms with E-state index in [9.17, 15) is 35.1 Å². The summed E-state index contributed by atoms with van der Waals surface area (Å²) in [5.41, 5.74) is -2.94. The predicted molar refractivity (Wildman–Crippen MR) is 102 cm³/mol. The molecular formula is C23H15F8N. The number of benzene rings is 3. The van der Waals surface area contributed by atoms with Gasteiger partial charge >= 0.3 is 0 Å². The predicted octanol–water partition coefficient (Wildman–Crippen LogP) is 7.26. The molecule has 0 unspecified atom stereocenters. The number of aryl methyl sites for hydroxylation is 2. The Kier molecular flexibility index (Phi) is 7.29. The maximum absolute atomic E-state index is 13.8. The molecular weight excluding hydrogens is 442 g/mol. The van der Waals surface area contributed by atoms with Crippen molar-refractivity contribution in [3.8, 4) is 17.2 Å². The molecule has 3 aromatic rings. The minimum Gasteiger partial charge on any atom is -0.203 e. The largest absolute Gasteiger partial charge is 0.203 e. The van der Waals surface area contributed by atoms with E-state index in [1.165, 1.54) is 0 Å². The Balaban J connectivity index is 0.000000303. The highest BCUT2D eigenvalue weighted by Crippen LogP contribution is 2.37. The van der Waals surface area contributed by atoms with Crippen molar-refractivity contribution >= 4 is 0 Å². The van der Waals surface area contributed by atoms with E-state index in [-0.39, 0.29) is 0 Å². The third-order valence-corrected chi connectivity index (χ3v) is 4.81. The van der Waals surface area contributed by atoms with E-state index in [0.717, 1.165) is 16.7 Å². The Hall–Kier alpha value is -3.41. The van der Waals surface area contributed by atoms with E-state index in [1.54, 1.807) is 0 Å². The molecule has 0 saturated carbocycles. The number of rotatable bonds is 1. The van der Waals surface area contributed by atoms with Crippen LogP contribution in [0.25, 0.3) is 11.1 Å². The Morgan fingerprint density at radius 2 is 0.812 bits per heavy atom. The van der Waals surface area contributed by atoms with Crippen molar-refractivity contribution in [2.75, 3.05) is 0 Å². The molecule has 0 saturated heterocycles. The Labute approximate surface area is 178 Å². The molecule has 0 atom stereocenters. The average Bonchev–Trinajstić information content (AvgIpc) is 2.76. The van der Waals surface area contributed by atoms with Crippen molar-refractivity contribution in [1.82, 2.24) is 0 Å². The van der Waals surface area contributed by atoms with Gasteiger partial charge in [0.1, 0.15) is 0 Å². The average molecular weight is 457 g/mol. The summed E-state index contributed by atoms with van der Waals surface area (Å²) >= 11 is 0. The molecule has 1 nitrogen and oxygen atoms in total. The summed E-state index contributed by atoms with van der Waals surface area (Å²) < 4.78 is 109. The van der Waals surface area contributed by atoms with Crippen LogP contribution in [0.2, 0.25) is 0 Å². The number of hydrogen-bond donors (Lipinski definition) is 0. The third kappa shape index (κ3) is 4.17. The lowest BCUT2D eigenvalue weighted by molar-refractivity contribution is 0.433. The van der Waals surface area contributed by atoms with Crippen LogP contribution in [0.15, 0.2) is 18.2 Å². The fraction of sp³-hybridized carbons (Fsp3) is 0.174. The van der Waals surface area contributed by atoms with Crippen LogP contribution in [-0.2, 0) is 0 Å². The van der Waals surface area contributed by atoms with Gasteiger partial charge in [-0.25, -0.2) is 35.1 Å². The summed E-state index contributed by atoms with van der Waals surface area (Å²) in [5.74, 6) is -16.3. The van der Waals surface area contributed by atoms with Crippen LogP contribution < -0.4 is 0 Å². The van der Waals surface area contributed by atoms with Gasteiger partial charge < -0.3 is 0 Å². The van der Waals surface area contributed by atoms with E-state index < -0.39 is 68.8 Å². The second-order valence-electron chi connectivity index (χ2n) is 6.89. The van der Waals surface area contributed by atoms with Gasteiger partial charge in [0.05, 0.1) is 22.8 Å². The highest BCUT2D eigenvalue weighted by molar-refractivity contribution is 5.68. The van der Waals surface area contributed by atoms with Gasteiger partial charge in [-0.1, -0.05) is 18.2 Å². The molecule has 0 aliphatic rings. The van der Waals surface area contributed by atoms with Crippen LogP contribution in [0.4, 0.5) is 35.1 Å². The van der Waals surface area contributed by atoms with Gasteiger partial charge in [0.2, 0.25) is 0 Å². The van der Waals surface area contributed by atoms with Gasteiger partial charge in [-0.05, 0) is 38.8 Å². The van der Waals surface area contributed by atoms with Gasteiger partial charge in [-0.15, -0.1) is 0 Å². The summed E-state index contributed by atoms with van der Waals surface area (Å²) in [5, 5.41) is 8.65. The first-order valence-corrected chi connectivity index (χ1v) is 8.98. The molecule has 0 N–H and O–H groups in total. The summed E-state index contributed by atoms with van der Waals surface area (Å²) in [6.07, 6.45) is 0. The zero-order chi connectivity index (χ0) is 24.5. The van der Waals surface area contributed by atoms with Crippen molar-refractivity contribution in [2.24, 2.45) is 0 Å². The Bertz CT molecular complexity index is 1110. The summed E-state index contributed by atoms with van der Waals surface area (Å²) in [6, 6.07) is 8.03. The second-order valence-corrected chi connectivity index (χ2v) is 6.89. The number of hydrogen-bond acceptors (Lipinski definition) is 1. The fourth-order valence-electron chi connectivity index (χ4n) is 2.91. The van der Waals surface area contributed by atoms with Crippen LogP contribution >= 0.6 is 0 Å².